The summed E-state index contributed by atoms with van der Waals surface area (Å²) < 4.78 is 50.9. The maximum absolute atomic E-state index is 13.0. The predicted molar refractivity (Wildman–Crippen MR) is 106 cm³/mol. The van der Waals surface area contributed by atoms with Crippen molar-refractivity contribution in [3.05, 3.63) is 81.8 Å². The van der Waals surface area contributed by atoms with E-state index in [-0.39, 0.29) is 5.82 Å². The van der Waals surface area contributed by atoms with Crippen LogP contribution in [0.3, 0.4) is 0 Å². The summed E-state index contributed by atoms with van der Waals surface area (Å²) in [7, 11) is 0. The number of hydrogen-bond acceptors (Lipinski definition) is 3. The van der Waals surface area contributed by atoms with Crippen LogP contribution in [0.25, 0.3) is 0 Å². The number of halogens is 4. The van der Waals surface area contributed by atoms with E-state index in [1.54, 1.807) is 19.1 Å². The molecule has 0 saturated carbocycles. The SMILES string of the molecule is CC(=Nc1ccc(F)cc1)c1ccc(C(C)=Nc2ccc(C(F)(F)F)cc2)s1. The van der Waals surface area contributed by atoms with Crippen LogP contribution in [0.2, 0.25) is 0 Å². The third kappa shape index (κ3) is 4.92. The van der Waals surface area contributed by atoms with E-state index in [2.05, 4.69) is 9.98 Å². The second-order valence-corrected chi connectivity index (χ2v) is 7.16. The van der Waals surface area contributed by atoms with Crippen LogP contribution >= 0.6 is 11.3 Å². The summed E-state index contributed by atoms with van der Waals surface area (Å²) in [5.74, 6) is -0.315. The van der Waals surface area contributed by atoms with Gasteiger partial charge in [-0.25, -0.2) is 4.39 Å². The lowest BCUT2D eigenvalue weighted by molar-refractivity contribution is -0.137. The lowest BCUT2D eigenvalue weighted by Crippen LogP contribution is -2.03. The quantitative estimate of drug-likeness (QED) is 0.325. The lowest BCUT2D eigenvalue weighted by atomic mass is 10.2. The maximum Gasteiger partial charge on any atom is 0.416 e. The Morgan fingerprint density at radius 1 is 0.714 bits per heavy atom. The Bertz CT molecular complexity index is 1010. The van der Waals surface area contributed by atoms with Crippen molar-refractivity contribution in [2.45, 2.75) is 20.0 Å². The molecule has 0 aliphatic rings. The van der Waals surface area contributed by atoms with Crippen LogP contribution in [-0.4, -0.2) is 11.4 Å². The highest BCUT2D eigenvalue weighted by Gasteiger charge is 2.29. The Hall–Kier alpha value is -2.80. The average molecular weight is 404 g/mol. The van der Waals surface area contributed by atoms with Gasteiger partial charge in [-0.05, 0) is 74.5 Å². The molecule has 0 amide bonds. The third-order valence-corrected chi connectivity index (χ3v) is 5.24. The minimum Gasteiger partial charge on any atom is -0.252 e. The zero-order valence-electron chi connectivity index (χ0n) is 15.1. The zero-order valence-corrected chi connectivity index (χ0v) is 15.9. The molecule has 2 nitrogen and oxygen atoms in total. The van der Waals surface area contributed by atoms with Crippen molar-refractivity contribution in [2.75, 3.05) is 0 Å². The molecule has 0 aliphatic carbocycles. The molecule has 7 heteroatoms. The maximum atomic E-state index is 13.0. The van der Waals surface area contributed by atoms with E-state index < -0.39 is 11.7 Å². The highest BCUT2D eigenvalue weighted by atomic mass is 32.1. The zero-order chi connectivity index (χ0) is 20.3. The standard InChI is InChI=1S/C21H16F4N2S/c1-13(26-17-7-3-15(4-8-17)21(23,24)25)19-11-12-20(28-19)14(2)27-18-9-5-16(22)6-10-18/h3-12H,1-2H3. The van der Waals surface area contributed by atoms with Gasteiger partial charge in [-0.1, -0.05) is 0 Å². The van der Waals surface area contributed by atoms with Crippen LogP contribution < -0.4 is 0 Å². The van der Waals surface area contributed by atoms with Crippen molar-refractivity contribution in [2.24, 2.45) is 9.98 Å². The number of rotatable bonds is 4. The summed E-state index contributed by atoms with van der Waals surface area (Å²) in [5.41, 5.74) is 1.90. The van der Waals surface area contributed by atoms with Crippen molar-refractivity contribution < 1.29 is 17.6 Å². The Balaban J connectivity index is 1.78. The molecule has 0 atom stereocenters. The summed E-state index contributed by atoms with van der Waals surface area (Å²) in [6.07, 6.45) is -4.36. The molecule has 28 heavy (non-hydrogen) atoms. The molecule has 3 aromatic rings. The van der Waals surface area contributed by atoms with Gasteiger partial charge in [0, 0.05) is 9.75 Å². The van der Waals surface area contributed by atoms with Gasteiger partial charge in [-0.15, -0.1) is 11.3 Å². The molecule has 0 spiro atoms. The van der Waals surface area contributed by atoms with Gasteiger partial charge in [0.05, 0.1) is 28.4 Å². The topological polar surface area (TPSA) is 24.7 Å². The second kappa shape index (κ2) is 8.06. The number of benzene rings is 2. The molecule has 1 heterocycles. The Morgan fingerprint density at radius 3 is 1.57 bits per heavy atom. The summed E-state index contributed by atoms with van der Waals surface area (Å²) >= 11 is 1.48. The smallest absolute Gasteiger partial charge is 0.252 e. The van der Waals surface area contributed by atoms with Crippen molar-refractivity contribution >= 4 is 34.1 Å². The van der Waals surface area contributed by atoms with Crippen molar-refractivity contribution in [3.8, 4) is 0 Å². The Kier molecular flexibility index (Phi) is 5.74. The number of nitrogens with zero attached hydrogens (tertiary/aromatic N) is 2. The van der Waals surface area contributed by atoms with Crippen LogP contribution in [0.4, 0.5) is 28.9 Å². The van der Waals surface area contributed by atoms with E-state index in [0.29, 0.717) is 17.1 Å². The minimum absolute atomic E-state index is 0.315. The van der Waals surface area contributed by atoms with Crippen LogP contribution in [-0.2, 0) is 6.18 Å². The molecule has 3 rings (SSSR count). The van der Waals surface area contributed by atoms with Gasteiger partial charge in [-0.2, -0.15) is 13.2 Å². The van der Waals surface area contributed by atoms with Gasteiger partial charge >= 0.3 is 6.18 Å². The molecule has 1 aromatic heterocycles. The largest absolute Gasteiger partial charge is 0.416 e. The first kappa shape index (κ1) is 19.9. The minimum atomic E-state index is -4.36. The van der Waals surface area contributed by atoms with Crippen LogP contribution in [0.5, 0.6) is 0 Å². The normalized spacial score (nSPS) is 13.1. The molecule has 0 N–H and O–H groups in total. The van der Waals surface area contributed by atoms with Crippen LogP contribution in [0, 0.1) is 5.82 Å². The van der Waals surface area contributed by atoms with Gasteiger partial charge < -0.3 is 0 Å². The van der Waals surface area contributed by atoms with E-state index in [4.69, 9.17) is 0 Å². The van der Waals surface area contributed by atoms with E-state index in [1.165, 1.54) is 35.6 Å². The predicted octanol–water partition coefficient (Wildman–Crippen LogP) is 7.19. The van der Waals surface area contributed by atoms with E-state index in [9.17, 15) is 17.6 Å². The fraction of sp³-hybridized carbons (Fsp3) is 0.143. The highest BCUT2D eigenvalue weighted by Crippen LogP contribution is 2.30. The molecule has 0 radical (unpaired) electrons. The van der Waals surface area contributed by atoms with Crippen LogP contribution in [0.1, 0.15) is 29.2 Å². The molecular formula is C21H16F4N2S. The molecule has 0 fully saturated rings. The van der Waals surface area contributed by atoms with E-state index >= 15 is 0 Å². The fourth-order valence-corrected chi connectivity index (χ4v) is 3.36. The highest BCUT2D eigenvalue weighted by molar-refractivity contribution is 7.16. The van der Waals surface area contributed by atoms with Gasteiger partial charge in [-0.3, -0.25) is 9.98 Å². The second-order valence-electron chi connectivity index (χ2n) is 6.08. The molecule has 0 aliphatic heterocycles. The Morgan fingerprint density at radius 2 is 1.14 bits per heavy atom. The van der Waals surface area contributed by atoms with Crippen LogP contribution in [0.15, 0.2) is 70.6 Å². The number of thiophene rings is 1. The third-order valence-electron chi connectivity index (χ3n) is 3.93. The number of aliphatic imine (C=N–C) groups is 2. The Labute approximate surface area is 163 Å². The summed E-state index contributed by atoms with van der Waals surface area (Å²) in [6, 6.07) is 14.5. The van der Waals surface area contributed by atoms with Gasteiger partial charge in [0.2, 0.25) is 0 Å². The van der Waals surface area contributed by atoms with Crippen molar-refractivity contribution in [1.82, 2.24) is 0 Å². The summed E-state index contributed by atoms with van der Waals surface area (Å²) in [4.78, 5) is 10.7. The van der Waals surface area contributed by atoms with Gasteiger partial charge in [0.15, 0.2) is 0 Å². The molecule has 144 valence electrons. The molecule has 0 saturated heterocycles. The van der Waals surface area contributed by atoms with Crippen molar-refractivity contribution in [3.63, 3.8) is 0 Å². The summed E-state index contributed by atoms with van der Waals surface area (Å²) in [5, 5.41) is 0. The van der Waals surface area contributed by atoms with Gasteiger partial charge in [0.1, 0.15) is 5.82 Å². The number of alkyl halides is 3. The molecule has 0 unspecified atom stereocenters. The first-order chi connectivity index (χ1) is 13.2. The molecule has 2 aromatic carbocycles. The first-order valence-electron chi connectivity index (χ1n) is 8.36. The van der Waals surface area contributed by atoms with Crippen molar-refractivity contribution in [1.29, 1.82) is 0 Å². The molecular weight excluding hydrogens is 388 g/mol. The fourth-order valence-electron chi connectivity index (χ4n) is 2.46. The van der Waals surface area contributed by atoms with E-state index in [0.717, 1.165) is 27.6 Å². The lowest BCUT2D eigenvalue weighted by Gasteiger charge is -2.06. The monoisotopic (exact) mass is 404 g/mol. The molecule has 0 bridgehead atoms. The van der Waals surface area contributed by atoms with Gasteiger partial charge in [0.25, 0.3) is 0 Å². The average Bonchev–Trinajstić information content (AvgIpc) is 3.14. The van der Waals surface area contributed by atoms with E-state index in [1.807, 2.05) is 19.1 Å². The number of hydrogen-bond donors (Lipinski definition) is 0. The summed E-state index contributed by atoms with van der Waals surface area (Å²) in [6.45, 7) is 3.67. The first-order valence-corrected chi connectivity index (χ1v) is 9.18.